The van der Waals surface area contributed by atoms with Gasteiger partial charge >= 0.3 is 6.03 Å². The summed E-state index contributed by atoms with van der Waals surface area (Å²) < 4.78 is 5.89. The smallest absolute Gasteiger partial charge is 0.316 e. The summed E-state index contributed by atoms with van der Waals surface area (Å²) in [6.45, 7) is 13.8. The number of nitrogens with one attached hydrogen (secondary N) is 4. The normalized spacial score (nSPS) is 28.4. The first-order valence-corrected chi connectivity index (χ1v) is 17.5. The number of urea groups is 1. The third-order valence-electron chi connectivity index (χ3n) is 10.4. The van der Waals surface area contributed by atoms with Crippen LogP contribution in [0.15, 0.2) is 24.8 Å². The number of rotatable bonds is 9. The number of ketones is 1. The number of hydrogen-bond donors (Lipinski definition) is 4. The molecule has 6 atom stereocenters. The van der Waals surface area contributed by atoms with Gasteiger partial charge in [-0.1, -0.05) is 57.8 Å². The van der Waals surface area contributed by atoms with Gasteiger partial charge in [-0.15, -0.1) is 6.58 Å². The quantitative estimate of drug-likeness (QED) is 0.147. The van der Waals surface area contributed by atoms with Crippen LogP contribution in [-0.2, 0) is 33.5 Å². The zero-order chi connectivity index (χ0) is 36.7. The van der Waals surface area contributed by atoms with Gasteiger partial charge in [-0.2, -0.15) is 0 Å². The molecule has 0 unspecified atom stereocenters. The van der Waals surface area contributed by atoms with E-state index in [9.17, 15) is 33.6 Å². The highest BCUT2D eigenvalue weighted by molar-refractivity contribution is 6.38. The monoisotopic (exact) mass is 699 g/mol. The Hall–Kier alpha value is -4.11. The molecule has 0 aromatic rings. The second-order valence-corrected chi connectivity index (χ2v) is 14.6. The fourth-order valence-corrected chi connectivity index (χ4v) is 7.30. The molecule has 0 aromatic carbocycles. The van der Waals surface area contributed by atoms with E-state index < -0.39 is 53.7 Å². The molecule has 4 aliphatic rings. The molecule has 15 nitrogen and oxygen atoms in total. The number of Topliss-reactive ketones (excluding diaryl/α,β-unsaturated/α-hetero) is 1. The molecular weight excluding hydrogens is 646 g/mol. The number of piperazine rings is 1. The maximum atomic E-state index is 14.2. The standard InChI is InChI=1S/C35H53N7O8/c1-7-14-36-32(47)30(45)23-13-11-9-8-10-12-15-50-20-25(33(48)42-16-22-28(35(22,4)5)29(42)31(46)37-23)39-34(49)38-24(21(2)3)17-41-26(43)18-40(6)19-27(41)44/h7,22-25,28-29H,1-2,8-20H2,3-6H3,(H,36,47)(H,37,46)(H2,38,39,49)/t22-,23-,24+,25-,28-,29-/m0/s1. The van der Waals surface area contributed by atoms with Crippen LogP contribution in [0.1, 0.15) is 59.3 Å². The second-order valence-electron chi connectivity index (χ2n) is 14.6. The minimum atomic E-state index is -1.17. The van der Waals surface area contributed by atoms with Crippen molar-refractivity contribution in [2.75, 3.05) is 53.0 Å². The molecule has 0 radical (unpaired) electrons. The van der Waals surface area contributed by atoms with Gasteiger partial charge in [0.1, 0.15) is 12.1 Å². The van der Waals surface area contributed by atoms with Gasteiger partial charge in [0.15, 0.2) is 0 Å². The highest BCUT2D eigenvalue weighted by atomic mass is 16.5. The molecule has 0 bridgehead atoms. The minimum absolute atomic E-state index is 0.0242. The van der Waals surface area contributed by atoms with Crippen LogP contribution in [0.3, 0.4) is 0 Å². The molecule has 276 valence electrons. The first kappa shape index (κ1) is 38.7. The number of imide groups is 1. The molecule has 4 rings (SSSR count). The van der Waals surface area contributed by atoms with E-state index in [1.165, 1.54) is 11.0 Å². The molecule has 0 spiro atoms. The summed E-state index contributed by atoms with van der Waals surface area (Å²) in [5.74, 6) is -3.53. The molecule has 4 N–H and O–H groups in total. The van der Waals surface area contributed by atoms with E-state index in [1.807, 2.05) is 13.8 Å². The molecular formula is C35H53N7O8. The summed E-state index contributed by atoms with van der Waals surface area (Å²) in [5, 5.41) is 10.8. The Kier molecular flexibility index (Phi) is 12.9. The number of piperidine rings is 1. The third kappa shape index (κ3) is 9.16. The van der Waals surface area contributed by atoms with Crippen LogP contribution in [-0.4, -0.2) is 133 Å². The van der Waals surface area contributed by atoms with Gasteiger partial charge in [-0.05, 0) is 44.1 Å². The average molecular weight is 700 g/mol. The summed E-state index contributed by atoms with van der Waals surface area (Å²) in [6, 6.07) is -4.67. The van der Waals surface area contributed by atoms with E-state index in [4.69, 9.17) is 4.74 Å². The van der Waals surface area contributed by atoms with Crippen molar-refractivity contribution >= 4 is 41.4 Å². The Bertz CT molecular complexity index is 1360. The highest BCUT2D eigenvalue weighted by Gasteiger charge is 2.69. The number of nitrogens with zero attached hydrogens (tertiary/aromatic N) is 3. The van der Waals surface area contributed by atoms with Gasteiger partial charge in [-0.25, -0.2) is 4.79 Å². The number of hydrogen-bond acceptors (Lipinski definition) is 9. The average Bonchev–Trinajstić information content (AvgIpc) is 3.36. The van der Waals surface area contributed by atoms with Crippen molar-refractivity contribution in [1.82, 2.24) is 36.0 Å². The lowest BCUT2D eigenvalue weighted by molar-refractivity contribution is -0.150. The van der Waals surface area contributed by atoms with E-state index in [0.29, 0.717) is 25.0 Å². The number of ether oxygens (including phenoxy) is 1. The molecule has 15 heteroatoms. The van der Waals surface area contributed by atoms with Gasteiger partial charge in [-0.3, -0.25) is 38.6 Å². The first-order chi connectivity index (χ1) is 23.7. The van der Waals surface area contributed by atoms with Gasteiger partial charge in [0.25, 0.3) is 5.91 Å². The van der Waals surface area contributed by atoms with E-state index in [1.54, 1.807) is 18.9 Å². The van der Waals surface area contributed by atoms with Gasteiger partial charge in [0, 0.05) is 19.7 Å². The molecule has 50 heavy (non-hydrogen) atoms. The largest absolute Gasteiger partial charge is 0.379 e. The van der Waals surface area contributed by atoms with Gasteiger partial charge in [0.05, 0.1) is 38.3 Å². The molecule has 3 saturated heterocycles. The van der Waals surface area contributed by atoms with Crippen molar-refractivity contribution < 1.29 is 38.3 Å². The Labute approximate surface area is 293 Å². The lowest BCUT2D eigenvalue weighted by Crippen LogP contribution is -2.61. The van der Waals surface area contributed by atoms with E-state index in [0.717, 1.165) is 24.2 Å². The van der Waals surface area contributed by atoms with Crippen LogP contribution in [0.5, 0.6) is 0 Å². The van der Waals surface area contributed by atoms with E-state index in [2.05, 4.69) is 34.4 Å². The molecule has 0 aromatic heterocycles. The van der Waals surface area contributed by atoms with Crippen molar-refractivity contribution in [3.63, 3.8) is 0 Å². The fraction of sp³-hybridized carbons (Fsp3) is 0.686. The van der Waals surface area contributed by atoms with Gasteiger partial charge < -0.3 is 30.9 Å². The summed E-state index contributed by atoms with van der Waals surface area (Å²) >= 11 is 0. The third-order valence-corrected chi connectivity index (χ3v) is 10.4. The van der Waals surface area contributed by atoms with Crippen LogP contribution in [0, 0.1) is 17.3 Å². The number of likely N-dealkylation sites (N-methyl/N-ethyl adjacent to an activating group) is 1. The second kappa shape index (κ2) is 16.7. The van der Waals surface area contributed by atoms with Crippen LogP contribution < -0.4 is 21.3 Å². The fourth-order valence-electron chi connectivity index (χ4n) is 7.30. The first-order valence-electron chi connectivity index (χ1n) is 17.5. The van der Waals surface area contributed by atoms with Crippen molar-refractivity contribution in [3.05, 3.63) is 24.8 Å². The van der Waals surface area contributed by atoms with Crippen LogP contribution in [0.25, 0.3) is 0 Å². The number of fused-ring (bicyclic) bond motifs is 3. The summed E-state index contributed by atoms with van der Waals surface area (Å²) in [4.78, 5) is 96.8. The predicted octanol–water partition coefficient (Wildman–Crippen LogP) is 0.109. The van der Waals surface area contributed by atoms with Crippen LogP contribution >= 0.6 is 0 Å². The zero-order valence-electron chi connectivity index (χ0n) is 29.8. The summed E-state index contributed by atoms with van der Waals surface area (Å²) in [7, 11) is 1.67. The Morgan fingerprint density at radius 1 is 1.06 bits per heavy atom. The Balaban J connectivity index is 1.53. The number of carbonyl (C=O) groups is 7. The lowest BCUT2D eigenvalue weighted by atomic mass is 9.98. The Morgan fingerprint density at radius 3 is 2.38 bits per heavy atom. The number of carbonyl (C=O) groups excluding carboxylic acids is 7. The summed E-state index contributed by atoms with van der Waals surface area (Å²) in [5.41, 5.74) is 0.269. The Morgan fingerprint density at radius 2 is 1.72 bits per heavy atom. The molecule has 3 aliphatic heterocycles. The topological polar surface area (TPSA) is 187 Å². The van der Waals surface area contributed by atoms with Crippen molar-refractivity contribution in [2.24, 2.45) is 17.3 Å². The maximum Gasteiger partial charge on any atom is 0.316 e. The van der Waals surface area contributed by atoms with Crippen LogP contribution in [0.2, 0.25) is 0 Å². The molecule has 7 amide bonds. The molecule has 1 aliphatic carbocycles. The molecule has 4 fully saturated rings. The van der Waals surface area contributed by atoms with Crippen LogP contribution in [0.4, 0.5) is 4.79 Å². The maximum absolute atomic E-state index is 14.2. The van der Waals surface area contributed by atoms with Gasteiger partial charge in [0.2, 0.25) is 29.4 Å². The molecule has 3 heterocycles. The van der Waals surface area contributed by atoms with Crippen molar-refractivity contribution in [2.45, 2.75) is 83.5 Å². The van der Waals surface area contributed by atoms with E-state index in [-0.39, 0.29) is 74.8 Å². The summed E-state index contributed by atoms with van der Waals surface area (Å²) in [6.07, 6.45) is 5.54. The predicted molar refractivity (Wildman–Crippen MR) is 183 cm³/mol. The molecule has 1 saturated carbocycles. The lowest BCUT2D eigenvalue weighted by Gasteiger charge is -2.34. The SMILES string of the molecule is C=CCNC(=O)C(=O)[C@@H]1CCCCCCCOC[C@H](NC(=O)N[C@H](CN2C(=O)CN(C)CC2=O)C(=C)C)C(=O)N2C[C@H]3[C@@H]([C@H]2C(=O)N1)C3(C)C. The highest BCUT2D eigenvalue weighted by Crippen LogP contribution is 2.64. The van der Waals surface area contributed by atoms with E-state index >= 15 is 0 Å². The zero-order valence-corrected chi connectivity index (χ0v) is 29.8. The minimum Gasteiger partial charge on any atom is -0.379 e. The number of amides is 7. The van der Waals surface area contributed by atoms with Crippen molar-refractivity contribution in [3.8, 4) is 0 Å². The van der Waals surface area contributed by atoms with Crippen molar-refractivity contribution in [1.29, 1.82) is 0 Å².